The third-order valence-electron chi connectivity index (χ3n) is 6.92. The zero-order valence-electron chi connectivity index (χ0n) is 16.6. The number of nitrogens with zero attached hydrogens (tertiary/aromatic N) is 1. The summed E-state index contributed by atoms with van der Waals surface area (Å²) in [6.45, 7) is 5.92. The monoisotopic (exact) mass is 369 g/mol. The molecule has 146 valence electrons. The standard InChI is InChI=1S/C22H31N3O2/c1-13(2)19(20(26)24-18-6-14(3)4-5-23-18)25-21(27)22-10-15-7-16(11-22)9-17(8-15)12-22/h4-6,13,15-17,19H,7-12H2,1-3H3,(H,25,27)(H,23,24,26). The Hall–Kier alpha value is -1.91. The van der Waals surface area contributed by atoms with Gasteiger partial charge in [0, 0.05) is 11.6 Å². The number of pyridine rings is 1. The van der Waals surface area contributed by atoms with Gasteiger partial charge in [-0.05, 0) is 86.8 Å². The molecule has 1 aromatic rings. The number of aryl methyl sites for hydroxylation is 1. The largest absolute Gasteiger partial charge is 0.344 e. The van der Waals surface area contributed by atoms with Crippen molar-refractivity contribution in [2.75, 3.05) is 5.32 Å². The van der Waals surface area contributed by atoms with Crippen LogP contribution in [0.3, 0.4) is 0 Å². The van der Waals surface area contributed by atoms with Crippen LogP contribution in [0.25, 0.3) is 0 Å². The molecule has 4 fully saturated rings. The minimum absolute atomic E-state index is 0.0210. The number of carbonyl (C=O) groups is 2. The Labute approximate surface area is 161 Å². The van der Waals surface area contributed by atoms with Gasteiger partial charge in [-0.2, -0.15) is 0 Å². The molecule has 5 rings (SSSR count). The van der Waals surface area contributed by atoms with Crippen LogP contribution in [0.2, 0.25) is 0 Å². The van der Waals surface area contributed by atoms with E-state index in [4.69, 9.17) is 0 Å². The third kappa shape index (κ3) is 3.61. The van der Waals surface area contributed by atoms with Crippen molar-refractivity contribution in [1.82, 2.24) is 10.3 Å². The number of hydrogen-bond acceptors (Lipinski definition) is 3. The summed E-state index contributed by atoms with van der Waals surface area (Å²) in [7, 11) is 0. The first-order valence-electron chi connectivity index (χ1n) is 10.4. The number of nitrogens with one attached hydrogen (secondary N) is 2. The minimum Gasteiger partial charge on any atom is -0.344 e. The highest BCUT2D eigenvalue weighted by atomic mass is 16.2. The van der Waals surface area contributed by atoms with Gasteiger partial charge in [0.1, 0.15) is 11.9 Å². The number of rotatable bonds is 5. The first-order valence-corrected chi connectivity index (χ1v) is 10.4. The van der Waals surface area contributed by atoms with Crippen LogP contribution in [-0.4, -0.2) is 22.8 Å². The zero-order chi connectivity index (χ0) is 19.2. The molecule has 1 aromatic heterocycles. The van der Waals surface area contributed by atoms with Crippen LogP contribution in [0.4, 0.5) is 5.82 Å². The van der Waals surface area contributed by atoms with Crippen LogP contribution in [0.15, 0.2) is 18.3 Å². The molecule has 4 aliphatic rings. The number of amides is 2. The van der Waals surface area contributed by atoms with Gasteiger partial charge >= 0.3 is 0 Å². The molecule has 0 radical (unpaired) electrons. The second-order valence-electron chi connectivity index (χ2n) is 9.60. The van der Waals surface area contributed by atoms with Crippen molar-refractivity contribution in [2.24, 2.45) is 29.1 Å². The first-order chi connectivity index (χ1) is 12.8. The van der Waals surface area contributed by atoms with E-state index in [-0.39, 0.29) is 23.1 Å². The summed E-state index contributed by atoms with van der Waals surface area (Å²) >= 11 is 0. The van der Waals surface area contributed by atoms with E-state index in [2.05, 4.69) is 15.6 Å². The molecule has 1 heterocycles. The minimum atomic E-state index is -0.534. The van der Waals surface area contributed by atoms with E-state index in [1.54, 1.807) is 6.20 Å². The molecule has 5 heteroatoms. The summed E-state index contributed by atoms with van der Waals surface area (Å²) in [5.41, 5.74) is 0.808. The molecule has 2 N–H and O–H groups in total. The van der Waals surface area contributed by atoms with Crippen molar-refractivity contribution in [3.8, 4) is 0 Å². The first kappa shape index (κ1) is 18.5. The van der Waals surface area contributed by atoms with E-state index in [9.17, 15) is 9.59 Å². The molecular weight excluding hydrogens is 338 g/mol. The summed E-state index contributed by atoms with van der Waals surface area (Å²) in [5, 5.41) is 6.01. The van der Waals surface area contributed by atoms with Gasteiger partial charge < -0.3 is 10.6 Å². The third-order valence-corrected chi connectivity index (χ3v) is 6.92. The summed E-state index contributed by atoms with van der Waals surface area (Å²) < 4.78 is 0. The summed E-state index contributed by atoms with van der Waals surface area (Å²) in [6.07, 6.45) is 8.63. The Morgan fingerprint density at radius 1 is 1.11 bits per heavy atom. The van der Waals surface area contributed by atoms with Crippen LogP contribution in [-0.2, 0) is 9.59 Å². The van der Waals surface area contributed by atoms with Gasteiger partial charge in [-0.15, -0.1) is 0 Å². The van der Waals surface area contributed by atoms with Crippen molar-refractivity contribution >= 4 is 17.6 Å². The summed E-state index contributed by atoms with van der Waals surface area (Å²) in [6, 6.07) is 3.20. The molecule has 1 atom stereocenters. The maximum absolute atomic E-state index is 13.3. The molecule has 4 saturated carbocycles. The summed E-state index contributed by atoms with van der Waals surface area (Å²) in [4.78, 5) is 30.4. The average molecular weight is 370 g/mol. The maximum Gasteiger partial charge on any atom is 0.248 e. The highest BCUT2D eigenvalue weighted by Crippen LogP contribution is 2.60. The Bertz CT molecular complexity index is 708. The van der Waals surface area contributed by atoms with Gasteiger partial charge in [0.25, 0.3) is 0 Å². The van der Waals surface area contributed by atoms with Gasteiger partial charge in [-0.1, -0.05) is 13.8 Å². The fourth-order valence-corrected chi connectivity index (χ4v) is 6.03. The molecule has 0 aliphatic heterocycles. The Balaban J connectivity index is 1.46. The topological polar surface area (TPSA) is 71.1 Å². The fraction of sp³-hybridized carbons (Fsp3) is 0.682. The molecule has 2 amide bonds. The maximum atomic E-state index is 13.3. The summed E-state index contributed by atoms with van der Waals surface area (Å²) in [5.74, 6) is 2.62. The van der Waals surface area contributed by atoms with Crippen LogP contribution in [0, 0.1) is 36.0 Å². The second-order valence-corrected chi connectivity index (χ2v) is 9.60. The Kier molecular flexibility index (Phi) is 4.73. The molecule has 4 bridgehead atoms. The van der Waals surface area contributed by atoms with Crippen molar-refractivity contribution in [2.45, 2.75) is 65.3 Å². The van der Waals surface area contributed by atoms with Gasteiger partial charge in [0.05, 0.1) is 0 Å². The number of anilines is 1. The van der Waals surface area contributed by atoms with Crippen LogP contribution >= 0.6 is 0 Å². The molecule has 1 unspecified atom stereocenters. The molecule has 0 aromatic carbocycles. The molecule has 4 aliphatic carbocycles. The lowest BCUT2D eigenvalue weighted by Crippen LogP contribution is -2.57. The number of carbonyl (C=O) groups excluding carboxylic acids is 2. The lowest BCUT2D eigenvalue weighted by atomic mass is 9.49. The smallest absolute Gasteiger partial charge is 0.248 e. The van der Waals surface area contributed by atoms with E-state index >= 15 is 0 Å². The molecule has 0 spiro atoms. The van der Waals surface area contributed by atoms with E-state index in [1.807, 2.05) is 32.9 Å². The quantitative estimate of drug-likeness (QED) is 0.831. The average Bonchev–Trinajstić information content (AvgIpc) is 2.57. The lowest BCUT2D eigenvalue weighted by Gasteiger charge is -2.55. The van der Waals surface area contributed by atoms with Gasteiger partial charge in [-0.3, -0.25) is 9.59 Å². The van der Waals surface area contributed by atoms with Gasteiger partial charge in [0.15, 0.2) is 0 Å². The highest BCUT2D eigenvalue weighted by molar-refractivity contribution is 5.97. The van der Waals surface area contributed by atoms with E-state index in [0.717, 1.165) is 24.8 Å². The SMILES string of the molecule is Cc1ccnc(NC(=O)C(NC(=O)C23CC4CC(CC(C4)C2)C3)C(C)C)c1. The fourth-order valence-electron chi connectivity index (χ4n) is 6.03. The second kappa shape index (κ2) is 6.92. The van der Waals surface area contributed by atoms with E-state index in [1.165, 1.54) is 19.3 Å². The Morgan fingerprint density at radius 2 is 1.70 bits per heavy atom. The van der Waals surface area contributed by atoms with Crippen molar-refractivity contribution in [3.05, 3.63) is 23.9 Å². The predicted octanol–water partition coefficient (Wildman–Crippen LogP) is 3.69. The molecule has 5 nitrogen and oxygen atoms in total. The Morgan fingerprint density at radius 3 is 2.22 bits per heavy atom. The van der Waals surface area contributed by atoms with Crippen LogP contribution in [0.1, 0.15) is 57.9 Å². The predicted molar refractivity (Wildman–Crippen MR) is 105 cm³/mol. The van der Waals surface area contributed by atoms with Gasteiger partial charge in [-0.25, -0.2) is 4.98 Å². The lowest BCUT2D eigenvalue weighted by molar-refractivity contribution is -0.148. The van der Waals surface area contributed by atoms with Crippen LogP contribution in [0.5, 0.6) is 0 Å². The molecular formula is C22H31N3O2. The van der Waals surface area contributed by atoms with Crippen LogP contribution < -0.4 is 10.6 Å². The highest BCUT2D eigenvalue weighted by Gasteiger charge is 2.55. The van der Waals surface area contributed by atoms with Gasteiger partial charge in [0.2, 0.25) is 11.8 Å². The zero-order valence-corrected chi connectivity index (χ0v) is 16.6. The molecule has 0 saturated heterocycles. The van der Waals surface area contributed by atoms with E-state index < -0.39 is 6.04 Å². The van der Waals surface area contributed by atoms with Crippen molar-refractivity contribution in [3.63, 3.8) is 0 Å². The molecule has 27 heavy (non-hydrogen) atoms. The number of hydrogen-bond donors (Lipinski definition) is 2. The van der Waals surface area contributed by atoms with Crippen molar-refractivity contribution in [1.29, 1.82) is 0 Å². The normalized spacial score (nSPS) is 32.4. The number of aromatic nitrogens is 1. The van der Waals surface area contributed by atoms with Crippen molar-refractivity contribution < 1.29 is 9.59 Å². The van der Waals surface area contributed by atoms with E-state index in [0.29, 0.717) is 23.6 Å².